The fourth-order valence-electron chi connectivity index (χ4n) is 3.25. The minimum atomic E-state index is -0.416. The molecule has 0 saturated heterocycles. The minimum Gasteiger partial charge on any atom is -0.349 e. The standard InChI is InChI=1S/C23H20N4O3S/c1-15(25-21(29)17-10-6-3-7-11-17)12-19(28)26-27-14-24-22-20(23(27)30)18(13-31-22)16-8-4-2-5-9-16/h2-11,13-15H,12H2,1H3,(H,25,29)(H,26,28)/t15-/m0/s1. The van der Waals surface area contributed by atoms with Crippen LogP contribution in [0.2, 0.25) is 0 Å². The average molecular weight is 433 g/mol. The Balaban J connectivity index is 1.48. The van der Waals surface area contributed by atoms with Crippen LogP contribution in [0.5, 0.6) is 0 Å². The molecule has 4 rings (SSSR count). The zero-order chi connectivity index (χ0) is 21.8. The van der Waals surface area contributed by atoms with Crippen molar-refractivity contribution in [2.45, 2.75) is 19.4 Å². The van der Waals surface area contributed by atoms with Crippen LogP contribution >= 0.6 is 11.3 Å². The molecule has 0 bridgehead atoms. The number of hydrogen-bond acceptors (Lipinski definition) is 5. The van der Waals surface area contributed by atoms with Crippen molar-refractivity contribution in [2.24, 2.45) is 0 Å². The van der Waals surface area contributed by atoms with Crippen LogP contribution in [0.25, 0.3) is 21.3 Å². The number of carbonyl (C=O) groups is 2. The summed E-state index contributed by atoms with van der Waals surface area (Å²) in [5, 5.41) is 5.14. The van der Waals surface area contributed by atoms with E-state index in [4.69, 9.17) is 0 Å². The van der Waals surface area contributed by atoms with E-state index in [1.165, 1.54) is 17.7 Å². The van der Waals surface area contributed by atoms with Crippen LogP contribution in [0.4, 0.5) is 0 Å². The minimum absolute atomic E-state index is 0.0121. The molecule has 2 aromatic carbocycles. The lowest BCUT2D eigenvalue weighted by Gasteiger charge is -2.14. The van der Waals surface area contributed by atoms with Crippen LogP contribution in [0.1, 0.15) is 23.7 Å². The number of nitrogens with one attached hydrogen (secondary N) is 2. The molecule has 0 spiro atoms. The highest BCUT2D eigenvalue weighted by atomic mass is 32.1. The summed E-state index contributed by atoms with van der Waals surface area (Å²) in [5.41, 5.74) is 4.44. The van der Waals surface area contributed by atoms with Crippen LogP contribution in [-0.2, 0) is 4.79 Å². The molecule has 0 aliphatic carbocycles. The van der Waals surface area contributed by atoms with Crippen LogP contribution in [0.15, 0.2) is 77.2 Å². The summed E-state index contributed by atoms with van der Waals surface area (Å²) in [4.78, 5) is 42.6. The van der Waals surface area contributed by atoms with Gasteiger partial charge in [0.2, 0.25) is 5.91 Å². The number of thiophene rings is 1. The Morgan fingerprint density at radius 3 is 2.45 bits per heavy atom. The third-order valence-corrected chi connectivity index (χ3v) is 5.62. The molecule has 0 radical (unpaired) electrons. The SMILES string of the molecule is C[C@@H](CC(=O)Nn1cnc2scc(-c3ccccc3)c2c1=O)NC(=O)c1ccccc1. The summed E-state index contributed by atoms with van der Waals surface area (Å²) in [6.45, 7) is 1.73. The smallest absolute Gasteiger partial charge is 0.281 e. The second kappa shape index (κ2) is 8.93. The van der Waals surface area contributed by atoms with E-state index in [9.17, 15) is 14.4 Å². The summed E-state index contributed by atoms with van der Waals surface area (Å²) in [6.07, 6.45) is 1.32. The number of nitrogens with zero attached hydrogens (tertiary/aromatic N) is 2. The first-order chi connectivity index (χ1) is 15.0. The number of hydrogen-bond donors (Lipinski definition) is 2. The normalized spacial score (nSPS) is 11.8. The molecule has 0 unspecified atom stereocenters. The van der Waals surface area contributed by atoms with Gasteiger partial charge in [-0.1, -0.05) is 48.5 Å². The van der Waals surface area contributed by atoms with E-state index in [2.05, 4.69) is 15.7 Å². The molecule has 156 valence electrons. The van der Waals surface area contributed by atoms with Gasteiger partial charge in [-0.3, -0.25) is 19.8 Å². The molecule has 2 heterocycles. The van der Waals surface area contributed by atoms with Crippen LogP contribution in [0, 0.1) is 0 Å². The van der Waals surface area contributed by atoms with Crippen LogP contribution in [-0.4, -0.2) is 27.5 Å². The van der Waals surface area contributed by atoms with E-state index < -0.39 is 11.9 Å². The Morgan fingerprint density at radius 2 is 1.74 bits per heavy atom. The highest BCUT2D eigenvalue weighted by Crippen LogP contribution is 2.30. The molecule has 31 heavy (non-hydrogen) atoms. The fourth-order valence-corrected chi connectivity index (χ4v) is 4.15. The molecule has 2 aromatic heterocycles. The molecule has 8 heteroatoms. The lowest BCUT2D eigenvalue weighted by atomic mass is 10.1. The van der Waals surface area contributed by atoms with E-state index in [0.29, 0.717) is 15.8 Å². The Labute approximate surface area is 182 Å². The van der Waals surface area contributed by atoms with Gasteiger partial charge in [0.25, 0.3) is 11.5 Å². The number of amides is 2. The maximum absolute atomic E-state index is 13.0. The molecule has 2 N–H and O–H groups in total. The van der Waals surface area contributed by atoms with Crippen molar-refractivity contribution < 1.29 is 9.59 Å². The van der Waals surface area contributed by atoms with Gasteiger partial charge in [-0.25, -0.2) is 9.66 Å². The van der Waals surface area contributed by atoms with Gasteiger partial charge in [-0.05, 0) is 24.6 Å². The number of carbonyl (C=O) groups excluding carboxylic acids is 2. The highest BCUT2D eigenvalue weighted by Gasteiger charge is 2.16. The van der Waals surface area contributed by atoms with Gasteiger partial charge in [0.1, 0.15) is 11.2 Å². The first-order valence-corrected chi connectivity index (χ1v) is 10.6. The van der Waals surface area contributed by atoms with Crippen molar-refractivity contribution in [1.82, 2.24) is 15.0 Å². The predicted octanol–water partition coefficient (Wildman–Crippen LogP) is 3.40. The largest absolute Gasteiger partial charge is 0.349 e. The van der Waals surface area contributed by atoms with Gasteiger partial charge in [0.05, 0.1) is 5.39 Å². The van der Waals surface area contributed by atoms with Gasteiger partial charge in [-0.2, -0.15) is 0 Å². The third-order valence-electron chi connectivity index (χ3n) is 4.73. The van der Waals surface area contributed by atoms with E-state index in [0.717, 1.165) is 15.8 Å². The first kappa shape index (κ1) is 20.5. The van der Waals surface area contributed by atoms with Gasteiger partial charge >= 0.3 is 0 Å². The molecule has 0 saturated carbocycles. The van der Waals surface area contributed by atoms with Crippen molar-refractivity contribution in [3.63, 3.8) is 0 Å². The summed E-state index contributed by atoms with van der Waals surface area (Å²) >= 11 is 1.38. The molecule has 7 nitrogen and oxygen atoms in total. The van der Waals surface area contributed by atoms with E-state index in [1.54, 1.807) is 31.2 Å². The third kappa shape index (κ3) is 4.54. The number of benzene rings is 2. The molecule has 0 fully saturated rings. The van der Waals surface area contributed by atoms with Crippen molar-refractivity contribution >= 4 is 33.4 Å². The van der Waals surface area contributed by atoms with Gasteiger partial charge in [-0.15, -0.1) is 11.3 Å². The lowest BCUT2D eigenvalue weighted by molar-refractivity contribution is -0.117. The van der Waals surface area contributed by atoms with E-state index >= 15 is 0 Å². The van der Waals surface area contributed by atoms with Crippen molar-refractivity contribution in [1.29, 1.82) is 0 Å². The lowest BCUT2D eigenvalue weighted by Crippen LogP contribution is -2.39. The van der Waals surface area contributed by atoms with Gasteiger partial charge in [0, 0.05) is 29.0 Å². The van der Waals surface area contributed by atoms with E-state index in [-0.39, 0.29) is 17.9 Å². The molecule has 4 aromatic rings. The second-order valence-electron chi connectivity index (χ2n) is 7.09. The fraction of sp³-hybridized carbons (Fsp3) is 0.130. The van der Waals surface area contributed by atoms with Crippen molar-refractivity contribution in [3.05, 3.63) is 88.3 Å². The Hall–Kier alpha value is -3.78. The van der Waals surface area contributed by atoms with Crippen LogP contribution < -0.4 is 16.3 Å². The molecule has 2 amide bonds. The zero-order valence-corrected chi connectivity index (χ0v) is 17.6. The molecule has 0 aliphatic heterocycles. The zero-order valence-electron chi connectivity index (χ0n) is 16.7. The predicted molar refractivity (Wildman–Crippen MR) is 122 cm³/mol. The molecule has 1 atom stereocenters. The highest BCUT2D eigenvalue weighted by molar-refractivity contribution is 7.17. The van der Waals surface area contributed by atoms with Gasteiger partial charge < -0.3 is 5.32 Å². The first-order valence-electron chi connectivity index (χ1n) is 9.73. The summed E-state index contributed by atoms with van der Waals surface area (Å²) in [7, 11) is 0. The summed E-state index contributed by atoms with van der Waals surface area (Å²) in [6, 6.07) is 17.9. The van der Waals surface area contributed by atoms with E-state index in [1.807, 2.05) is 41.8 Å². The topological polar surface area (TPSA) is 93.1 Å². The number of fused-ring (bicyclic) bond motifs is 1. The second-order valence-corrected chi connectivity index (χ2v) is 7.95. The number of rotatable bonds is 6. The average Bonchev–Trinajstić information content (AvgIpc) is 3.22. The molecular weight excluding hydrogens is 412 g/mol. The summed E-state index contributed by atoms with van der Waals surface area (Å²) in [5.74, 6) is -0.660. The quantitative estimate of drug-likeness (QED) is 0.488. The molecule has 0 aliphatic rings. The Morgan fingerprint density at radius 1 is 1.06 bits per heavy atom. The maximum atomic E-state index is 13.0. The monoisotopic (exact) mass is 432 g/mol. The molecular formula is C23H20N4O3S. The Bertz CT molecular complexity index is 1280. The van der Waals surface area contributed by atoms with Crippen LogP contribution in [0.3, 0.4) is 0 Å². The maximum Gasteiger partial charge on any atom is 0.281 e. The summed E-state index contributed by atoms with van der Waals surface area (Å²) < 4.78 is 1.09. The Kier molecular flexibility index (Phi) is 5.90. The van der Waals surface area contributed by atoms with Crippen molar-refractivity contribution in [3.8, 4) is 11.1 Å². The van der Waals surface area contributed by atoms with Crippen molar-refractivity contribution in [2.75, 3.05) is 5.43 Å². The number of aromatic nitrogens is 2. The van der Waals surface area contributed by atoms with Gasteiger partial charge in [0.15, 0.2) is 0 Å².